The SMILES string of the molecule is COc1cc(-c2nc(C(=O)NN)cc3c2[nH]c2ccccc23)cc(OC)c1OC.NNC(=O)c1cc2c(cn1)[nH]c1ccccc12. The van der Waals surface area contributed by atoms with Crippen LogP contribution in [-0.4, -0.2) is 53.1 Å². The highest BCUT2D eigenvalue weighted by Crippen LogP contribution is 2.42. The number of rotatable bonds is 6. The number of para-hydroxylation sites is 2. The zero-order valence-electron chi connectivity index (χ0n) is 25.1. The average molecular weight is 619 g/mol. The van der Waals surface area contributed by atoms with Gasteiger partial charge in [-0.15, -0.1) is 0 Å². The Hall–Kier alpha value is -6.18. The molecule has 0 saturated heterocycles. The van der Waals surface area contributed by atoms with Crippen molar-refractivity contribution in [2.24, 2.45) is 11.7 Å². The Labute approximate surface area is 261 Å². The molecule has 7 rings (SSSR count). The van der Waals surface area contributed by atoms with Gasteiger partial charge in [0.15, 0.2) is 11.5 Å². The average Bonchev–Trinajstić information content (AvgIpc) is 3.68. The van der Waals surface area contributed by atoms with Crippen LogP contribution >= 0.6 is 0 Å². The quantitative estimate of drug-likeness (QED) is 0.0893. The molecule has 4 aromatic heterocycles. The number of aromatic nitrogens is 4. The number of carbonyl (C=O) groups is 2. The van der Waals surface area contributed by atoms with Crippen molar-refractivity contribution in [1.82, 2.24) is 30.8 Å². The van der Waals surface area contributed by atoms with Gasteiger partial charge in [0.25, 0.3) is 11.8 Å². The van der Waals surface area contributed by atoms with Gasteiger partial charge in [0.2, 0.25) is 5.75 Å². The number of methoxy groups -OCH3 is 3. The first-order valence-electron chi connectivity index (χ1n) is 14.0. The predicted molar refractivity (Wildman–Crippen MR) is 176 cm³/mol. The first-order valence-corrected chi connectivity index (χ1v) is 14.0. The van der Waals surface area contributed by atoms with Gasteiger partial charge >= 0.3 is 0 Å². The smallest absolute Gasteiger partial charge is 0.283 e. The molecule has 0 aliphatic heterocycles. The van der Waals surface area contributed by atoms with Crippen LogP contribution in [0.15, 0.2) is 79.0 Å². The van der Waals surface area contributed by atoms with E-state index in [1.807, 2.05) is 48.5 Å². The van der Waals surface area contributed by atoms with Gasteiger partial charge in [-0.05, 0) is 36.4 Å². The van der Waals surface area contributed by atoms with E-state index in [-0.39, 0.29) is 5.69 Å². The fraction of sp³-hybridized carbons (Fsp3) is 0.0909. The Morgan fingerprint density at radius 2 is 1.24 bits per heavy atom. The number of amides is 2. The van der Waals surface area contributed by atoms with Crippen LogP contribution in [-0.2, 0) is 0 Å². The van der Waals surface area contributed by atoms with Crippen LogP contribution in [0.5, 0.6) is 17.2 Å². The molecule has 13 nitrogen and oxygen atoms in total. The second-order valence-corrected chi connectivity index (χ2v) is 10.1. The maximum absolute atomic E-state index is 12.3. The van der Waals surface area contributed by atoms with Crippen molar-refractivity contribution in [3.8, 4) is 28.5 Å². The van der Waals surface area contributed by atoms with Crippen molar-refractivity contribution in [1.29, 1.82) is 0 Å². The van der Waals surface area contributed by atoms with Gasteiger partial charge in [-0.1, -0.05) is 36.4 Å². The van der Waals surface area contributed by atoms with Crippen molar-refractivity contribution in [2.75, 3.05) is 21.3 Å². The van der Waals surface area contributed by atoms with Gasteiger partial charge in [-0.3, -0.25) is 20.4 Å². The second kappa shape index (κ2) is 12.4. The molecule has 0 unspecified atom stereocenters. The van der Waals surface area contributed by atoms with E-state index < -0.39 is 11.8 Å². The number of H-pyrrole nitrogens is 2. The number of nitrogens with one attached hydrogen (secondary N) is 4. The van der Waals surface area contributed by atoms with Gasteiger partial charge in [0.1, 0.15) is 11.4 Å². The first kappa shape index (κ1) is 29.9. The molecule has 8 N–H and O–H groups in total. The molecule has 46 heavy (non-hydrogen) atoms. The number of nitrogens with two attached hydrogens (primary N) is 2. The molecule has 232 valence electrons. The third-order valence-electron chi connectivity index (χ3n) is 7.55. The standard InChI is InChI=1S/C21H20N4O4.C12H10N4O/c1-27-16-8-11(9-17(28-2)20(16)29-3)18-19-13(10-15(24-18)21(26)25-22)12-6-4-5-7-14(12)23-19;13-16-12(17)10-5-8-7-3-1-2-4-9(7)15-11(8)6-14-10/h4-10,23H,22H2,1-3H3,(H,25,26);1-6,15H,13H2,(H,16,17). The molecule has 7 aromatic rings. The van der Waals surface area contributed by atoms with E-state index in [1.54, 1.807) is 51.8 Å². The summed E-state index contributed by atoms with van der Waals surface area (Å²) in [6.07, 6.45) is 1.64. The third-order valence-corrected chi connectivity index (χ3v) is 7.55. The van der Waals surface area contributed by atoms with E-state index in [4.69, 9.17) is 25.9 Å². The van der Waals surface area contributed by atoms with Crippen LogP contribution in [0.3, 0.4) is 0 Å². The Kier molecular flexibility index (Phi) is 8.08. The van der Waals surface area contributed by atoms with Gasteiger partial charge in [-0.25, -0.2) is 21.7 Å². The van der Waals surface area contributed by atoms with Crippen molar-refractivity contribution in [3.63, 3.8) is 0 Å². The van der Waals surface area contributed by atoms with Crippen molar-refractivity contribution >= 4 is 55.4 Å². The minimum absolute atomic E-state index is 0.202. The maximum Gasteiger partial charge on any atom is 0.283 e. The Morgan fingerprint density at radius 1 is 0.674 bits per heavy atom. The summed E-state index contributed by atoms with van der Waals surface area (Å²) in [5.41, 5.74) is 9.64. The van der Waals surface area contributed by atoms with E-state index >= 15 is 0 Å². The number of aromatic amines is 2. The van der Waals surface area contributed by atoms with Crippen molar-refractivity contribution in [3.05, 3.63) is 90.4 Å². The van der Waals surface area contributed by atoms with Gasteiger partial charge in [0.05, 0.1) is 44.3 Å². The number of hydrogen-bond acceptors (Lipinski definition) is 9. The largest absolute Gasteiger partial charge is 0.493 e. The van der Waals surface area contributed by atoms with Crippen LogP contribution in [0.4, 0.5) is 0 Å². The van der Waals surface area contributed by atoms with E-state index in [0.29, 0.717) is 34.2 Å². The molecule has 13 heteroatoms. The zero-order valence-corrected chi connectivity index (χ0v) is 25.1. The van der Waals surface area contributed by atoms with Crippen molar-refractivity contribution in [2.45, 2.75) is 0 Å². The number of ether oxygens (including phenoxy) is 3. The molecule has 0 aliphatic rings. The summed E-state index contributed by atoms with van der Waals surface area (Å²) in [5.74, 6) is 11.0. The predicted octanol–water partition coefficient (Wildman–Crippen LogP) is 4.33. The number of hydrogen-bond donors (Lipinski definition) is 6. The van der Waals surface area contributed by atoms with E-state index in [1.165, 1.54) is 0 Å². The summed E-state index contributed by atoms with van der Waals surface area (Å²) in [7, 11) is 4.64. The first-order chi connectivity index (χ1) is 22.4. The fourth-order valence-electron chi connectivity index (χ4n) is 5.41. The lowest BCUT2D eigenvalue weighted by atomic mass is 10.0. The number of hydrazine groups is 2. The molecular formula is C33H30N8O5. The molecule has 3 aromatic carbocycles. The third kappa shape index (κ3) is 5.25. The van der Waals surface area contributed by atoms with Gasteiger partial charge in [-0.2, -0.15) is 0 Å². The Bertz CT molecular complexity index is 2230. The molecule has 0 fully saturated rings. The van der Waals surface area contributed by atoms with Crippen molar-refractivity contribution < 1.29 is 23.8 Å². The number of nitrogen functional groups attached to an aromatic ring is 2. The summed E-state index contributed by atoms with van der Waals surface area (Å²) in [6.45, 7) is 0. The lowest BCUT2D eigenvalue weighted by molar-refractivity contribution is 0.0941. The summed E-state index contributed by atoms with van der Waals surface area (Å²) < 4.78 is 16.3. The van der Waals surface area contributed by atoms with Crippen LogP contribution in [0.1, 0.15) is 21.0 Å². The van der Waals surface area contributed by atoms with Gasteiger partial charge < -0.3 is 24.2 Å². The summed E-state index contributed by atoms with van der Waals surface area (Å²) >= 11 is 0. The monoisotopic (exact) mass is 618 g/mol. The highest BCUT2D eigenvalue weighted by atomic mass is 16.5. The molecular weight excluding hydrogens is 588 g/mol. The number of nitrogens with zero attached hydrogens (tertiary/aromatic N) is 2. The normalized spacial score (nSPS) is 10.9. The molecule has 0 saturated carbocycles. The molecule has 2 amide bonds. The second-order valence-electron chi connectivity index (χ2n) is 10.1. The molecule has 0 bridgehead atoms. The molecule has 0 radical (unpaired) electrons. The van der Waals surface area contributed by atoms with Crippen LogP contribution < -0.4 is 36.7 Å². The summed E-state index contributed by atoms with van der Waals surface area (Å²) in [4.78, 5) is 38.9. The summed E-state index contributed by atoms with van der Waals surface area (Å²) in [6, 6.07) is 22.8. The number of carbonyl (C=O) groups excluding carboxylic acids is 2. The van der Waals surface area contributed by atoms with Gasteiger partial charge in [0, 0.05) is 38.1 Å². The van der Waals surface area contributed by atoms with Crippen LogP contribution in [0, 0.1) is 0 Å². The highest BCUT2D eigenvalue weighted by molar-refractivity contribution is 6.13. The Balaban J connectivity index is 0.000000185. The lowest BCUT2D eigenvalue weighted by Gasteiger charge is -2.14. The number of fused-ring (bicyclic) bond motifs is 6. The lowest BCUT2D eigenvalue weighted by Crippen LogP contribution is -2.30. The molecule has 4 heterocycles. The van der Waals surface area contributed by atoms with E-state index in [2.05, 4.69) is 30.8 Å². The highest BCUT2D eigenvalue weighted by Gasteiger charge is 2.20. The zero-order chi connectivity index (χ0) is 32.4. The van der Waals surface area contributed by atoms with E-state index in [0.717, 1.165) is 43.6 Å². The Morgan fingerprint density at radius 3 is 1.85 bits per heavy atom. The van der Waals surface area contributed by atoms with Crippen LogP contribution in [0.25, 0.3) is 54.9 Å². The number of pyridine rings is 2. The van der Waals surface area contributed by atoms with Crippen LogP contribution in [0.2, 0.25) is 0 Å². The fourth-order valence-corrected chi connectivity index (χ4v) is 5.41. The summed E-state index contributed by atoms with van der Waals surface area (Å²) in [5, 5.41) is 3.87. The van der Waals surface area contributed by atoms with E-state index in [9.17, 15) is 9.59 Å². The molecule has 0 atom stereocenters. The number of benzene rings is 3. The topological polar surface area (TPSA) is 195 Å². The molecule has 0 spiro atoms. The minimum atomic E-state index is -0.481. The minimum Gasteiger partial charge on any atom is -0.493 e. The maximum atomic E-state index is 12.3. The molecule has 0 aliphatic carbocycles.